The third kappa shape index (κ3) is 5.60. The van der Waals surface area contributed by atoms with Crippen molar-refractivity contribution in [3.63, 3.8) is 0 Å². The lowest BCUT2D eigenvalue weighted by Crippen LogP contribution is -2.48. The summed E-state index contributed by atoms with van der Waals surface area (Å²) in [5.41, 5.74) is 2.66. The van der Waals surface area contributed by atoms with Crippen LogP contribution < -0.4 is 11.3 Å². The molecule has 0 amide bonds. The van der Waals surface area contributed by atoms with Crippen LogP contribution in [0.2, 0.25) is 0 Å². The average Bonchev–Trinajstić information content (AvgIpc) is 2.42. The number of hydrogen-bond acceptors (Lipinski definition) is 2. The molecule has 0 radical (unpaired) electrons. The second-order valence-corrected chi connectivity index (χ2v) is 6.07. The van der Waals surface area contributed by atoms with Gasteiger partial charge in [0.25, 0.3) is 0 Å². The van der Waals surface area contributed by atoms with E-state index in [1.54, 1.807) is 0 Å². The molecule has 0 heterocycles. The van der Waals surface area contributed by atoms with Crippen molar-refractivity contribution in [2.75, 3.05) is 0 Å². The van der Waals surface area contributed by atoms with Gasteiger partial charge in [-0.25, -0.2) is 0 Å². The predicted molar refractivity (Wildman–Crippen MR) is 76.0 cm³/mol. The Balaban J connectivity index is 2.48. The van der Waals surface area contributed by atoms with Crippen LogP contribution in [0.15, 0.2) is 0 Å². The number of alkyl halides is 3. The highest BCUT2D eigenvalue weighted by molar-refractivity contribution is 4.87. The zero-order valence-electron chi connectivity index (χ0n) is 12.5. The number of nitrogens with one attached hydrogen (secondary N) is 1. The molecule has 0 aromatic heterocycles. The SMILES string of the molecule is CCCCCCCC(NN)C1CCCCC1C(F)(F)F. The fraction of sp³-hybridized carbons (Fsp3) is 1.00. The van der Waals surface area contributed by atoms with Crippen molar-refractivity contribution in [1.29, 1.82) is 0 Å². The van der Waals surface area contributed by atoms with E-state index in [1.807, 2.05) is 0 Å². The van der Waals surface area contributed by atoms with Crippen LogP contribution in [0.25, 0.3) is 0 Å². The first-order valence-electron chi connectivity index (χ1n) is 8.03. The number of nitrogens with two attached hydrogens (primary N) is 1. The van der Waals surface area contributed by atoms with Gasteiger partial charge in [-0.3, -0.25) is 11.3 Å². The summed E-state index contributed by atoms with van der Waals surface area (Å²) in [6.07, 6.45) is 4.79. The third-order valence-electron chi connectivity index (χ3n) is 4.59. The van der Waals surface area contributed by atoms with Gasteiger partial charge in [0.2, 0.25) is 0 Å². The first-order valence-corrected chi connectivity index (χ1v) is 8.03. The zero-order chi connectivity index (χ0) is 15.0. The molecule has 0 saturated heterocycles. The fourth-order valence-corrected chi connectivity index (χ4v) is 3.44. The Morgan fingerprint density at radius 1 is 1.10 bits per heavy atom. The maximum absolute atomic E-state index is 13.1. The normalized spacial score (nSPS) is 25.6. The molecule has 0 aliphatic heterocycles. The summed E-state index contributed by atoms with van der Waals surface area (Å²) in [4.78, 5) is 0. The van der Waals surface area contributed by atoms with E-state index in [-0.39, 0.29) is 18.4 Å². The molecule has 3 N–H and O–H groups in total. The maximum Gasteiger partial charge on any atom is 0.392 e. The first-order chi connectivity index (χ1) is 9.50. The Hall–Kier alpha value is -0.290. The second-order valence-electron chi connectivity index (χ2n) is 6.07. The minimum absolute atomic E-state index is 0.191. The number of hydrazine groups is 1. The average molecular weight is 294 g/mol. The van der Waals surface area contributed by atoms with Crippen molar-refractivity contribution in [2.24, 2.45) is 17.7 Å². The molecule has 5 heteroatoms. The van der Waals surface area contributed by atoms with Crippen LogP contribution in [0.4, 0.5) is 13.2 Å². The smallest absolute Gasteiger partial charge is 0.271 e. The molecule has 1 saturated carbocycles. The van der Waals surface area contributed by atoms with Crippen LogP contribution in [0, 0.1) is 11.8 Å². The summed E-state index contributed by atoms with van der Waals surface area (Å²) < 4.78 is 39.3. The quantitative estimate of drug-likeness (QED) is 0.391. The monoisotopic (exact) mass is 294 g/mol. The Labute approximate surface area is 120 Å². The predicted octanol–water partition coefficient (Wildman–Crippen LogP) is 4.55. The molecule has 3 unspecified atom stereocenters. The molecular weight excluding hydrogens is 265 g/mol. The summed E-state index contributed by atoms with van der Waals surface area (Å²) in [7, 11) is 0. The molecule has 1 aliphatic rings. The molecule has 1 fully saturated rings. The van der Waals surface area contributed by atoms with Gasteiger partial charge in [0.05, 0.1) is 5.92 Å². The van der Waals surface area contributed by atoms with Crippen molar-refractivity contribution in [3.8, 4) is 0 Å². The van der Waals surface area contributed by atoms with E-state index in [1.165, 1.54) is 19.3 Å². The van der Waals surface area contributed by atoms with Gasteiger partial charge in [-0.05, 0) is 25.2 Å². The number of unbranched alkanes of at least 4 members (excludes halogenated alkanes) is 4. The van der Waals surface area contributed by atoms with Crippen LogP contribution in [0.3, 0.4) is 0 Å². The molecule has 1 rings (SSSR count). The molecule has 2 nitrogen and oxygen atoms in total. The minimum Gasteiger partial charge on any atom is -0.271 e. The topological polar surface area (TPSA) is 38.0 Å². The molecule has 120 valence electrons. The maximum atomic E-state index is 13.1. The molecule has 3 atom stereocenters. The van der Waals surface area contributed by atoms with Crippen molar-refractivity contribution in [2.45, 2.75) is 83.4 Å². The van der Waals surface area contributed by atoms with Crippen LogP contribution in [-0.4, -0.2) is 12.2 Å². The summed E-state index contributed by atoms with van der Waals surface area (Å²) in [6, 6.07) is -0.191. The first kappa shape index (κ1) is 17.8. The van der Waals surface area contributed by atoms with E-state index >= 15 is 0 Å². The largest absolute Gasteiger partial charge is 0.392 e. The summed E-state index contributed by atoms with van der Waals surface area (Å²) in [5, 5.41) is 0. The second kappa shape index (κ2) is 8.88. The van der Waals surface area contributed by atoms with E-state index in [0.717, 1.165) is 25.7 Å². The van der Waals surface area contributed by atoms with E-state index < -0.39 is 12.1 Å². The lowest BCUT2D eigenvalue weighted by Gasteiger charge is -2.38. The van der Waals surface area contributed by atoms with E-state index in [4.69, 9.17) is 5.84 Å². The summed E-state index contributed by atoms with van der Waals surface area (Å²) in [6.45, 7) is 2.15. The number of rotatable bonds is 8. The van der Waals surface area contributed by atoms with E-state index in [0.29, 0.717) is 12.8 Å². The number of halogens is 3. The van der Waals surface area contributed by atoms with Crippen molar-refractivity contribution in [3.05, 3.63) is 0 Å². The summed E-state index contributed by atoms with van der Waals surface area (Å²) >= 11 is 0. The van der Waals surface area contributed by atoms with Gasteiger partial charge in [-0.2, -0.15) is 13.2 Å². The van der Waals surface area contributed by atoms with Crippen LogP contribution in [-0.2, 0) is 0 Å². The van der Waals surface area contributed by atoms with Crippen LogP contribution in [0.1, 0.15) is 71.1 Å². The van der Waals surface area contributed by atoms with Crippen molar-refractivity contribution < 1.29 is 13.2 Å². The van der Waals surface area contributed by atoms with Crippen molar-refractivity contribution >= 4 is 0 Å². The van der Waals surface area contributed by atoms with Gasteiger partial charge < -0.3 is 0 Å². The van der Waals surface area contributed by atoms with Gasteiger partial charge in [-0.15, -0.1) is 0 Å². The lowest BCUT2D eigenvalue weighted by atomic mass is 9.74. The lowest BCUT2D eigenvalue weighted by molar-refractivity contribution is -0.199. The Morgan fingerprint density at radius 3 is 2.35 bits per heavy atom. The standard InChI is InChI=1S/C15H29F3N2/c1-2-3-4-5-6-11-14(20-19)12-9-7-8-10-13(12)15(16,17)18/h12-14,20H,2-11,19H2,1H3. The summed E-state index contributed by atoms with van der Waals surface area (Å²) in [5.74, 6) is 4.01. The molecule has 0 aromatic carbocycles. The zero-order valence-corrected chi connectivity index (χ0v) is 12.5. The molecule has 0 bridgehead atoms. The molecule has 1 aliphatic carbocycles. The molecule has 0 aromatic rings. The molecular formula is C15H29F3N2. The van der Waals surface area contributed by atoms with Gasteiger partial charge in [0, 0.05) is 6.04 Å². The van der Waals surface area contributed by atoms with Crippen LogP contribution >= 0.6 is 0 Å². The van der Waals surface area contributed by atoms with Crippen molar-refractivity contribution in [1.82, 2.24) is 5.43 Å². The van der Waals surface area contributed by atoms with Gasteiger partial charge >= 0.3 is 6.18 Å². The Bertz CT molecular complexity index is 256. The van der Waals surface area contributed by atoms with Gasteiger partial charge in [0.15, 0.2) is 0 Å². The highest BCUT2D eigenvalue weighted by Gasteiger charge is 2.47. The number of hydrogen-bond donors (Lipinski definition) is 2. The fourth-order valence-electron chi connectivity index (χ4n) is 3.44. The minimum atomic E-state index is -4.08. The highest BCUT2D eigenvalue weighted by Crippen LogP contribution is 2.43. The van der Waals surface area contributed by atoms with E-state index in [2.05, 4.69) is 12.3 Å². The Morgan fingerprint density at radius 2 is 1.75 bits per heavy atom. The highest BCUT2D eigenvalue weighted by atomic mass is 19.4. The van der Waals surface area contributed by atoms with Gasteiger partial charge in [0.1, 0.15) is 0 Å². The third-order valence-corrected chi connectivity index (χ3v) is 4.59. The Kier molecular flexibility index (Phi) is 7.88. The molecule has 20 heavy (non-hydrogen) atoms. The van der Waals surface area contributed by atoms with Crippen LogP contribution in [0.5, 0.6) is 0 Å². The van der Waals surface area contributed by atoms with E-state index in [9.17, 15) is 13.2 Å². The van der Waals surface area contributed by atoms with Gasteiger partial charge in [-0.1, -0.05) is 51.9 Å². The molecule has 0 spiro atoms.